The third kappa shape index (κ3) is 3.39. The Hall–Kier alpha value is -1.81. The monoisotopic (exact) mass is 279 g/mol. The van der Waals surface area contributed by atoms with E-state index in [0.29, 0.717) is 18.5 Å². The Balaban J connectivity index is 2.29. The molecule has 0 radical (unpaired) electrons. The quantitative estimate of drug-likeness (QED) is 0.816. The zero-order chi connectivity index (χ0) is 14.5. The minimum atomic E-state index is -1.43. The van der Waals surface area contributed by atoms with Crippen molar-refractivity contribution >= 4 is 0 Å². The second kappa shape index (κ2) is 6.57. The van der Waals surface area contributed by atoms with Crippen LogP contribution in [0.25, 0.3) is 0 Å². The molecule has 2 rings (SSSR count). The lowest BCUT2D eigenvalue weighted by atomic mass is 9.98. The van der Waals surface area contributed by atoms with E-state index in [1.165, 1.54) is 0 Å². The first-order chi connectivity index (χ1) is 9.61. The van der Waals surface area contributed by atoms with Gasteiger partial charge in [0.2, 0.25) is 0 Å². The molecule has 0 bridgehead atoms. The minimum absolute atomic E-state index is 0.257. The maximum absolute atomic E-state index is 13.3. The zero-order valence-electron chi connectivity index (χ0n) is 11.2. The number of likely N-dealkylation sites (N-methyl/N-ethyl adjacent to an activating group) is 1. The van der Waals surface area contributed by atoms with Crippen LogP contribution in [-0.4, -0.2) is 6.54 Å². The molecule has 2 aromatic rings. The molecule has 1 N–H and O–H groups in total. The van der Waals surface area contributed by atoms with Crippen LogP contribution in [0.15, 0.2) is 42.5 Å². The van der Waals surface area contributed by atoms with Crippen LogP contribution in [0.1, 0.15) is 24.1 Å². The van der Waals surface area contributed by atoms with E-state index in [2.05, 4.69) is 5.32 Å². The zero-order valence-corrected chi connectivity index (χ0v) is 11.2. The number of hydrogen-bond donors (Lipinski definition) is 1. The number of hydrogen-bond acceptors (Lipinski definition) is 1. The van der Waals surface area contributed by atoms with E-state index in [-0.39, 0.29) is 6.04 Å². The van der Waals surface area contributed by atoms with Gasteiger partial charge in [0, 0.05) is 6.04 Å². The number of halogens is 3. The molecule has 0 amide bonds. The van der Waals surface area contributed by atoms with Crippen molar-refractivity contribution in [1.82, 2.24) is 5.32 Å². The highest BCUT2D eigenvalue weighted by atomic mass is 19.2. The molecule has 0 aliphatic heterocycles. The Morgan fingerprint density at radius 2 is 1.60 bits per heavy atom. The van der Waals surface area contributed by atoms with Crippen molar-refractivity contribution in [3.8, 4) is 0 Å². The van der Waals surface area contributed by atoms with E-state index in [4.69, 9.17) is 0 Å². The van der Waals surface area contributed by atoms with Gasteiger partial charge in [0.05, 0.1) is 0 Å². The predicted octanol–water partition coefficient (Wildman–Crippen LogP) is 4.00. The topological polar surface area (TPSA) is 12.0 Å². The lowest BCUT2D eigenvalue weighted by Gasteiger charge is -2.19. The molecule has 0 aliphatic carbocycles. The molecular weight excluding hydrogens is 263 g/mol. The Labute approximate surface area is 116 Å². The molecule has 0 spiro atoms. The summed E-state index contributed by atoms with van der Waals surface area (Å²) in [5, 5.41) is 3.17. The van der Waals surface area contributed by atoms with Crippen molar-refractivity contribution < 1.29 is 13.2 Å². The van der Waals surface area contributed by atoms with Crippen molar-refractivity contribution in [2.45, 2.75) is 19.4 Å². The SMILES string of the molecule is CCNC(Cc1ccccc1)c1cc(F)c(F)c(F)c1. The van der Waals surface area contributed by atoms with E-state index in [1.54, 1.807) is 0 Å². The van der Waals surface area contributed by atoms with Crippen molar-refractivity contribution in [2.75, 3.05) is 6.54 Å². The average Bonchev–Trinajstić information content (AvgIpc) is 2.45. The molecule has 0 aromatic heterocycles. The smallest absolute Gasteiger partial charge is 0.194 e. The lowest BCUT2D eigenvalue weighted by molar-refractivity contribution is 0.439. The Morgan fingerprint density at radius 1 is 1.00 bits per heavy atom. The fourth-order valence-corrected chi connectivity index (χ4v) is 2.18. The van der Waals surface area contributed by atoms with Crippen LogP contribution in [-0.2, 0) is 6.42 Å². The standard InChI is InChI=1S/C16H16F3N/c1-2-20-15(8-11-6-4-3-5-7-11)12-9-13(17)16(19)14(18)10-12/h3-7,9-10,15,20H,2,8H2,1H3. The highest BCUT2D eigenvalue weighted by molar-refractivity contribution is 5.26. The van der Waals surface area contributed by atoms with Gasteiger partial charge in [0.25, 0.3) is 0 Å². The number of benzene rings is 2. The van der Waals surface area contributed by atoms with Gasteiger partial charge >= 0.3 is 0 Å². The molecule has 0 heterocycles. The van der Waals surface area contributed by atoms with Crippen molar-refractivity contribution in [2.24, 2.45) is 0 Å². The summed E-state index contributed by atoms with van der Waals surface area (Å²) in [7, 11) is 0. The molecular formula is C16H16F3N. The van der Waals surface area contributed by atoms with Gasteiger partial charge in [-0.05, 0) is 36.2 Å². The van der Waals surface area contributed by atoms with Crippen LogP contribution >= 0.6 is 0 Å². The Kier molecular flexibility index (Phi) is 4.79. The Bertz CT molecular complexity index is 546. The third-order valence-electron chi connectivity index (χ3n) is 3.14. The van der Waals surface area contributed by atoms with E-state index in [0.717, 1.165) is 17.7 Å². The van der Waals surface area contributed by atoms with Crippen molar-refractivity contribution in [3.05, 3.63) is 71.0 Å². The minimum Gasteiger partial charge on any atom is -0.310 e. The molecule has 106 valence electrons. The first kappa shape index (κ1) is 14.6. The predicted molar refractivity (Wildman–Crippen MR) is 72.9 cm³/mol. The van der Waals surface area contributed by atoms with Crippen LogP contribution in [0.2, 0.25) is 0 Å². The van der Waals surface area contributed by atoms with Gasteiger partial charge in [-0.15, -0.1) is 0 Å². The van der Waals surface area contributed by atoms with E-state index >= 15 is 0 Å². The number of nitrogens with one attached hydrogen (secondary N) is 1. The summed E-state index contributed by atoms with van der Waals surface area (Å²) in [5.41, 5.74) is 1.45. The largest absolute Gasteiger partial charge is 0.310 e. The summed E-state index contributed by atoms with van der Waals surface area (Å²) in [6.45, 7) is 2.56. The van der Waals surface area contributed by atoms with E-state index < -0.39 is 17.5 Å². The van der Waals surface area contributed by atoms with Crippen LogP contribution in [0, 0.1) is 17.5 Å². The molecule has 0 saturated carbocycles. The molecule has 2 aromatic carbocycles. The lowest BCUT2D eigenvalue weighted by Crippen LogP contribution is -2.23. The first-order valence-electron chi connectivity index (χ1n) is 6.53. The summed E-state index contributed by atoms with van der Waals surface area (Å²) in [4.78, 5) is 0. The normalized spacial score (nSPS) is 12.4. The Morgan fingerprint density at radius 3 is 2.15 bits per heavy atom. The maximum Gasteiger partial charge on any atom is 0.194 e. The molecule has 1 atom stereocenters. The fourth-order valence-electron chi connectivity index (χ4n) is 2.18. The third-order valence-corrected chi connectivity index (χ3v) is 3.14. The second-order valence-electron chi connectivity index (χ2n) is 4.60. The van der Waals surface area contributed by atoms with Gasteiger partial charge in [-0.25, -0.2) is 13.2 Å². The van der Waals surface area contributed by atoms with E-state index in [9.17, 15) is 13.2 Å². The van der Waals surface area contributed by atoms with Gasteiger partial charge in [0.15, 0.2) is 17.5 Å². The molecule has 1 nitrogen and oxygen atoms in total. The summed E-state index contributed by atoms with van der Waals surface area (Å²) in [6, 6.07) is 11.5. The van der Waals surface area contributed by atoms with Gasteiger partial charge < -0.3 is 5.32 Å². The summed E-state index contributed by atoms with van der Waals surface area (Å²) >= 11 is 0. The molecule has 0 fully saturated rings. The molecule has 1 unspecified atom stereocenters. The van der Waals surface area contributed by atoms with Gasteiger partial charge in [-0.3, -0.25) is 0 Å². The van der Waals surface area contributed by atoms with Crippen LogP contribution in [0.5, 0.6) is 0 Å². The number of rotatable bonds is 5. The second-order valence-corrected chi connectivity index (χ2v) is 4.60. The van der Waals surface area contributed by atoms with Crippen LogP contribution < -0.4 is 5.32 Å². The van der Waals surface area contributed by atoms with Crippen LogP contribution in [0.3, 0.4) is 0 Å². The van der Waals surface area contributed by atoms with E-state index in [1.807, 2.05) is 37.3 Å². The van der Waals surface area contributed by atoms with Crippen LogP contribution in [0.4, 0.5) is 13.2 Å². The molecule has 20 heavy (non-hydrogen) atoms. The molecule has 4 heteroatoms. The van der Waals surface area contributed by atoms with Gasteiger partial charge in [-0.1, -0.05) is 37.3 Å². The molecule has 0 saturated heterocycles. The first-order valence-corrected chi connectivity index (χ1v) is 6.53. The summed E-state index contributed by atoms with van der Waals surface area (Å²) in [6.07, 6.45) is 0.583. The summed E-state index contributed by atoms with van der Waals surface area (Å²) in [5.74, 6) is -3.74. The van der Waals surface area contributed by atoms with Gasteiger partial charge in [0.1, 0.15) is 0 Å². The van der Waals surface area contributed by atoms with Crippen molar-refractivity contribution in [3.63, 3.8) is 0 Å². The maximum atomic E-state index is 13.3. The molecule has 0 aliphatic rings. The highest BCUT2D eigenvalue weighted by Gasteiger charge is 2.17. The van der Waals surface area contributed by atoms with Gasteiger partial charge in [-0.2, -0.15) is 0 Å². The fraction of sp³-hybridized carbons (Fsp3) is 0.250. The van der Waals surface area contributed by atoms with Crippen molar-refractivity contribution in [1.29, 1.82) is 0 Å². The highest BCUT2D eigenvalue weighted by Crippen LogP contribution is 2.22. The average molecular weight is 279 g/mol. The summed E-state index contributed by atoms with van der Waals surface area (Å²) < 4.78 is 39.7.